The van der Waals surface area contributed by atoms with Gasteiger partial charge in [-0.2, -0.15) is 0 Å². The second kappa shape index (κ2) is 5.22. The molecule has 0 saturated carbocycles. The van der Waals surface area contributed by atoms with Crippen molar-refractivity contribution in [2.75, 3.05) is 6.54 Å². The topological polar surface area (TPSA) is 46.6 Å². The van der Waals surface area contributed by atoms with Crippen LogP contribution in [0.25, 0.3) is 0 Å². The number of rotatable bonds is 5. The second-order valence-electron chi connectivity index (χ2n) is 1.62. The molecule has 0 aliphatic heterocycles. The molecule has 4 nitrogen and oxygen atoms in total. The third kappa shape index (κ3) is 3.91. The molecule has 11 heavy (non-hydrogen) atoms. The molecule has 0 bridgehead atoms. The van der Waals surface area contributed by atoms with Crippen molar-refractivity contribution in [1.82, 2.24) is 4.90 Å². The first-order chi connectivity index (χ1) is 5.24. The lowest BCUT2D eigenvalue weighted by Gasteiger charge is -2.07. The van der Waals surface area contributed by atoms with Gasteiger partial charge in [0.25, 0.3) is 0 Å². The van der Waals surface area contributed by atoms with Crippen LogP contribution in [0, 0.1) is 0 Å². The average Bonchev–Trinajstić information content (AvgIpc) is 2.01. The number of ether oxygens (including phenoxy) is 1. The Hall–Kier alpha value is -1.58. The number of carbonyl (C=O) groups is 2. The molecule has 0 aliphatic carbocycles. The maximum Gasteiger partial charge on any atom is 0.330 e. The summed E-state index contributed by atoms with van der Waals surface area (Å²) >= 11 is 0. The van der Waals surface area contributed by atoms with E-state index in [0.29, 0.717) is 6.41 Å². The van der Waals surface area contributed by atoms with Gasteiger partial charge >= 0.3 is 5.97 Å². The molecule has 4 heteroatoms. The fourth-order valence-electron chi connectivity index (χ4n) is 0.424. The SMILES string of the molecule is C=COC(=O)CN(C=C)C=O. The summed E-state index contributed by atoms with van der Waals surface area (Å²) < 4.78 is 4.35. The van der Waals surface area contributed by atoms with Crippen LogP contribution in [0.5, 0.6) is 0 Å². The highest BCUT2D eigenvalue weighted by Crippen LogP contribution is 1.85. The van der Waals surface area contributed by atoms with E-state index in [-0.39, 0.29) is 6.54 Å². The van der Waals surface area contributed by atoms with Crippen LogP contribution in [-0.4, -0.2) is 23.8 Å². The zero-order valence-electron chi connectivity index (χ0n) is 6.03. The molecule has 0 atom stereocenters. The summed E-state index contributed by atoms with van der Waals surface area (Å²) in [4.78, 5) is 21.8. The van der Waals surface area contributed by atoms with E-state index in [9.17, 15) is 9.59 Å². The van der Waals surface area contributed by atoms with Gasteiger partial charge in [0.2, 0.25) is 6.41 Å². The lowest BCUT2D eigenvalue weighted by Crippen LogP contribution is -2.23. The third-order valence-corrected chi connectivity index (χ3v) is 0.896. The molecule has 0 aromatic rings. The van der Waals surface area contributed by atoms with Gasteiger partial charge < -0.3 is 9.64 Å². The van der Waals surface area contributed by atoms with E-state index < -0.39 is 5.97 Å². The van der Waals surface area contributed by atoms with Crippen LogP contribution in [0.15, 0.2) is 25.6 Å². The first kappa shape index (κ1) is 9.42. The summed E-state index contributed by atoms with van der Waals surface area (Å²) in [5, 5.41) is 0. The summed E-state index contributed by atoms with van der Waals surface area (Å²) in [6.07, 6.45) is 2.73. The lowest BCUT2D eigenvalue weighted by atomic mass is 10.6. The van der Waals surface area contributed by atoms with Crippen LogP contribution in [0.1, 0.15) is 0 Å². The first-order valence-electron chi connectivity index (χ1n) is 2.88. The number of nitrogens with zero attached hydrogens (tertiary/aromatic N) is 1. The van der Waals surface area contributed by atoms with Gasteiger partial charge in [-0.25, -0.2) is 4.79 Å². The fourth-order valence-corrected chi connectivity index (χ4v) is 0.424. The van der Waals surface area contributed by atoms with E-state index in [4.69, 9.17) is 0 Å². The number of esters is 1. The number of hydrogen-bond donors (Lipinski definition) is 0. The Morgan fingerprint density at radius 3 is 2.55 bits per heavy atom. The molecule has 0 spiro atoms. The predicted molar refractivity (Wildman–Crippen MR) is 39.3 cm³/mol. The van der Waals surface area contributed by atoms with Crippen molar-refractivity contribution >= 4 is 12.4 Å². The van der Waals surface area contributed by atoms with E-state index in [1.54, 1.807) is 0 Å². The Balaban J connectivity index is 3.79. The van der Waals surface area contributed by atoms with E-state index in [1.165, 1.54) is 6.20 Å². The van der Waals surface area contributed by atoms with E-state index >= 15 is 0 Å². The minimum absolute atomic E-state index is 0.140. The highest BCUT2D eigenvalue weighted by molar-refractivity contribution is 5.74. The van der Waals surface area contributed by atoms with Gasteiger partial charge in [-0.05, 0) is 6.20 Å². The molecule has 0 aromatic heterocycles. The summed E-state index contributed by atoms with van der Waals surface area (Å²) in [7, 11) is 0. The molecule has 0 saturated heterocycles. The van der Waals surface area contributed by atoms with Gasteiger partial charge in [-0.1, -0.05) is 13.2 Å². The molecular formula is C7H9NO3. The van der Waals surface area contributed by atoms with Crippen molar-refractivity contribution in [3.8, 4) is 0 Å². The highest BCUT2D eigenvalue weighted by Gasteiger charge is 2.04. The molecule has 0 rings (SSSR count). The largest absolute Gasteiger partial charge is 0.434 e. The summed E-state index contributed by atoms with van der Waals surface area (Å²) in [5.74, 6) is -0.549. The van der Waals surface area contributed by atoms with Crippen molar-refractivity contribution in [2.45, 2.75) is 0 Å². The quantitative estimate of drug-likeness (QED) is 0.325. The monoisotopic (exact) mass is 155 g/mol. The molecule has 0 fully saturated rings. The van der Waals surface area contributed by atoms with Crippen LogP contribution < -0.4 is 0 Å². The number of carbonyl (C=O) groups excluding carboxylic acids is 2. The Morgan fingerprint density at radius 1 is 1.55 bits per heavy atom. The van der Waals surface area contributed by atoms with Crippen molar-refractivity contribution in [3.63, 3.8) is 0 Å². The van der Waals surface area contributed by atoms with Crippen LogP contribution in [0.2, 0.25) is 0 Å². The standard InChI is InChI=1S/C7H9NO3/c1-3-8(6-9)5-7(10)11-4-2/h3-4,6H,1-2,5H2. The summed E-state index contributed by atoms with van der Waals surface area (Å²) in [6.45, 7) is 6.35. The maximum absolute atomic E-state index is 10.6. The lowest BCUT2D eigenvalue weighted by molar-refractivity contribution is -0.140. The van der Waals surface area contributed by atoms with Gasteiger partial charge in [-0.15, -0.1) is 0 Å². The number of hydrogen-bond acceptors (Lipinski definition) is 3. The zero-order valence-corrected chi connectivity index (χ0v) is 6.03. The zero-order chi connectivity index (χ0) is 8.69. The van der Waals surface area contributed by atoms with Crippen LogP contribution in [0.4, 0.5) is 0 Å². The van der Waals surface area contributed by atoms with E-state index in [0.717, 1.165) is 11.2 Å². The fraction of sp³-hybridized carbons (Fsp3) is 0.143. The molecule has 1 amide bonds. The molecule has 0 N–H and O–H groups in total. The van der Waals surface area contributed by atoms with Crippen molar-refractivity contribution in [3.05, 3.63) is 25.6 Å². The minimum atomic E-state index is -0.549. The predicted octanol–water partition coefficient (Wildman–Crippen LogP) is 0.275. The Labute approximate surface area is 64.7 Å². The smallest absolute Gasteiger partial charge is 0.330 e. The van der Waals surface area contributed by atoms with E-state index in [1.807, 2.05) is 0 Å². The van der Waals surface area contributed by atoms with Gasteiger partial charge in [0, 0.05) is 0 Å². The summed E-state index contributed by atoms with van der Waals surface area (Å²) in [5.41, 5.74) is 0. The molecule has 0 aliphatic rings. The van der Waals surface area contributed by atoms with Gasteiger partial charge in [0.1, 0.15) is 6.54 Å². The maximum atomic E-state index is 10.6. The van der Waals surface area contributed by atoms with Gasteiger partial charge in [0.15, 0.2) is 0 Å². The molecule has 60 valence electrons. The van der Waals surface area contributed by atoms with Crippen molar-refractivity contribution in [1.29, 1.82) is 0 Å². The van der Waals surface area contributed by atoms with Gasteiger partial charge in [-0.3, -0.25) is 4.79 Å². The van der Waals surface area contributed by atoms with Crippen LogP contribution in [-0.2, 0) is 14.3 Å². The normalized spacial score (nSPS) is 8.00. The van der Waals surface area contributed by atoms with Crippen LogP contribution in [0.3, 0.4) is 0 Å². The highest BCUT2D eigenvalue weighted by atomic mass is 16.5. The minimum Gasteiger partial charge on any atom is -0.434 e. The Morgan fingerprint density at radius 2 is 2.18 bits per heavy atom. The van der Waals surface area contributed by atoms with Crippen molar-refractivity contribution < 1.29 is 14.3 Å². The number of amides is 1. The summed E-state index contributed by atoms with van der Waals surface area (Å²) in [6, 6.07) is 0. The molecular weight excluding hydrogens is 146 g/mol. The molecule has 0 heterocycles. The Bertz CT molecular complexity index is 169. The average molecular weight is 155 g/mol. The molecule has 0 radical (unpaired) electrons. The molecule has 0 aromatic carbocycles. The van der Waals surface area contributed by atoms with Crippen LogP contribution >= 0.6 is 0 Å². The Kier molecular flexibility index (Phi) is 4.47. The second-order valence-corrected chi connectivity index (χ2v) is 1.62. The van der Waals surface area contributed by atoms with E-state index in [2.05, 4.69) is 17.9 Å². The van der Waals surface area contributed by atoms with Gasteiger partial charge in [0.05, 0.1) is 6.26 Å². The first-order valence-corrected chi connectivity index (χ1v) is 2.88. The molecule has 0 unspecified atom stereocenters. The third-order valence-electron chi connectivity index (χ3n) is 0.896. The van der Waals surface area contributed by atoms with Crippen molar-refractivity contribution in [2.24, 2.45) is 0 Å².